The quantitative estimate of drug-likeness (QED) is 0.532. The number of hydrogen-bond acceptors (Lipinski definition) is 3. The van der Waals surface area contributed by atoms with Crippen molar-refractivity contribution >= 4 is 11.9 Å². The van der Waals surface area contributed by atoms with Gasteiger partial charge >= 0.3 is 11.9 Å². The van der Waals surface area contributed by atoms with Gasteiger partial charge in [0, 0.05) is 0 Å². The lowest BCUT2D eigenvalue weighted by atomic mass is 10.2. The van der Waals surface area contributed by atoms with Gasteiger partial charge in [-0.05, 0) is 33.0 Å². The van der Waals surface area contributed by atoms with Gasteiger partial charge in [0.1, 0.15) is 0 Å². The first kappa shape index (κ1) is 18.3. The average molecular weight is 247 g/mol. The van der Waals surface area contributed by atoms with Crippen molar-refractivity contribution in [2.24, 2.45) is 0 Å². The Bertz CT molecular complexity index is 195. The van der Waals surface area contributed by atoms with Crippen molar-refractivity contribution < 1.29 is 19.8 Å². The zero-order chi connectivity index (χ0) is 13.7. The molecule has 0 aromatic rings. The van der Waals surface area contributed by atoms with Gasteiger partial charge in [-0.15, -0.1) is 0 Å². The molecule has 5 heteroatoms. The van der Waals surface area contributed by atoms with E-state index in [1.165, 1.54) is 45.2 Å². The second kappa shape index (κ2) is 13.0. The molecule has 0 amide bonds. The van der Waals surface area contributed by atoms with Crippen LogP contribution in [0.5, 0.6) is 0 Å². The highest BCUT2D eigenvalue weighted by Crippen LogP contribution is 2.00. The number of unbranched alkanes of at least 4 members (excludes halogenated alkanes) is 3. The number of nitrogens with zero attached hydrogens (tertiary/aromatic N) is 1. The SMILES string of the molecule is CCCCCCN(C)CCC.O=C(O)C(=O)O. The van der Waals surface area contributed by atoms with Crippen LogP contribution in [-0.2, 0) is 9.59 Å². The van der Waals surface area contributed by atoms with Gasteiger partial charge in [-0.1, -0.05) is 33.1 Å². The van der Waals surface area contributed by atoms with Crippen molar-refractivity contribution in [2.75, 3.05) is 20.1 Å². The van der Waals surface area contributed by atoms with Crippen LogP contribution in [0.3, 0.4) is 0 Å². The summed E-state index contributed by atoms with van der Waals surface area (Å²) in [6.45, 7) is 7.04. The van der Waals surface area contributed by atoms with E-state index in [1.54, 1.807) is 0 Å². The number of hydrogen-bond donors (Lipinski definition) is 2. The van der Waals surface area contributed by atoms with E-state index >= 15 is 0 Å². The van der Waals surface area contributed by atoms with Crippen molar-refractivity contribution in [2.45, 2.75) is 46.0 Å². The summed E-state index contributed by atoms with van der Waals surface area (Å²) >= 11 is 0. The third-order valence-corrected chi connectivity index (χ3v) is 2.18. The highest BCUT2D eigenvalue weighted by molar-refractivity contribution is 6.27. The van der Waals surface area contributed by atoms with E-state index in [-0.39, 0.29) is 0 Å². The molecule has 0 fully saturated rings. The van der Waals surface area contributed by atoms with E-state index in [1.807, 2.05) is 0 Å². The Kier molecular flexibility index (Phi) is 13.9. The van der Waals surface area contributed by atoms with Crippen LogP contribution in [0.2, 0.25) is 0 Å². The molecule has 0 aliphatic heterocycles. The maximum absolute atomic E-state index is 9.10. The first-order valence-corrected chi connectivity index (χ1v) is 6.10. The maximum atomic E-state index is 9.10. The Balaban J connectivity index is 0. The third kappa shape index (κ3) is 17.5. The zero-order valence-electron chi connectivity index (χ0n) is 11.1. The Labute approximate surface area is 103 Å². The summed E-state index contributed by atoms with van der Waals surface area (Å²) in [7, 11) is 2.22. The summed E-state index contributed by atoms with van der Waals surface area (Å²) in [5.74, 6) is -3.65. The molecular weight excluding hydrogens is 222 g/mol. The highest BCUT2D eigenvalue weighted by atomic mass is 16.4. The zero-order valence-corrected chi connectivity index (χ0v) is 11.1. The van der Waals surface area contributed by atoms with Gasteiger partial charge in [0.25, 0.3) is 0 Å². The predicted molar refractivity (Wildman–Crippen MR) is 67.2 cm³/mol. The largest absolute Gasteiger partial charge is 0.473 e. The van der Waals surface area contributed by atoms with Crippen molar-refractivity contribution in [1.82, 2.24) is 4.90 Å². The molecule has 17 heavy (non-hydrogen) atoms. The topological polar surface area (TPSA) is 77.8 Å². The van der Waals surface area contributed by atoms with Gasteiger partial charge in [0.2, 0.25) is 0 Å². The lowest BCUT2D eigenvalue weighted by Crippen LogP contribution is -2.20. The number of rotatable bonds is 7. The molecule has 0 rings (SSSR count). The molecule has 102 valence electrons. The van der Waals surface area contributed by atoms with Gasteiger partial charge in [0.15, 0.2) is 0 Å². The molecule has 0 heterocycles. The first-order valence-electron chi connectivity index (χ1n) is 6.10. The fourth-order valence-electron chi connectivity index (χ4n) is 1.30. The molecule has 0 aromatic heterocycles. The minimum Gasteiger partial charge on any atom is -0.473 e. The summed E-state index contributed by atoms with van der Waals surface area (Å²) in [6.07, 6.45) is 6.82. The van der Waals surface area contributed by atoms with Crippen molar-refractivity contribution in [3.63, 3.8) is 0 Å². The van der Waals surface area contributed by atoms with Crippen molar-refractivity contribution in [3.8, 4) is 0 Å². The summed E-state index contributed by atoms with van der Waals surface area (Å²) in [6, 6.07) is 0. The monoisotopic (exact) mass is 247 g/mol. The van der Waals surface area contributed by atoms with Crippen LogP contribution >= 0.6 is 0 Å². The van der Waals surface area contributed by atoms with Crippen LogP contribution in [-0.4, -0.2) is 47.2 Å². The lowest BCUT2D eigenvalue weighted by molar-refractivity contribution is -0.159. The minimum absolute atomic E-state index is 1.26. The summed E-state index contributed by atoms with van der Waals surface area (Å²) < 4.78 is 0. The molecule has 0 unspecified atom stereocenters. The van der Waals surface area contributed by atoms with E-state index in [4.69, 9.17) is 19.8 Å². The van der Waals surface area contributed by atoms with Crippen LogP contribution in [0.15, 0.2) is 0 Å². The van der Waals surface area contributed by atoms with Gasteiger partial charge in [-0.2, -0.15) is 0 Å². The van der Waals surface area contributed by atoms with Crippen LogP contribution in [0.4, 0.5) is 0 Å². The Morgan fingerprint density at radius 1 is 0.882 bits per heavy atom. The molecule has 0 spiro atoms. The van der Waals surface area contributed by atoms with E-state index in [9.17, 15) is 0 Å². The lowest BCUT2D eigenvalue weighted by Gasteiger charge is -2.14. The number of carboxylic acid groups (broad SMARTS) is 2. The minimum atomic E-state index is -1.82. The van der Waals surface area contributed by atoms with E-state index in [2.05, 4.69) is 25.8 Å². The van der Waals surface area contributed by atoms with Gasteiger partial charge in [-0.3, -0.25) is 0 Å². The normalized spacial score (nSPS) is 9.65. The average Bonchev–Trinajstić information content (AvgIpc) is 2.25. The molecular formula is C12H25NO4. The van der Waals surface area contributed by atoms with Gasteiger partial charge in [-0.25, -0.2) is 9.59 Å². The Morgan fingerprint density at radius 2 is 1.41 bits per heavy atom. The molecule has 0 bridgehead atoms. The molecule has 0 atom stereocenters. The Hall–Kier alpha value is -1.10. The standard InChI is InChI=1S/C10H23N.C2H2O4/c1-4-6-7-8-10-11(3)9-5-2;3-1(4)2(5)6/h4-10H2,1-3H3;(H,3,4)(H,5,6). The van der Waals surface area contributed by atoms with E-state index in [0.717, 1.165) is 0 Å². The van der Waals surface area contributed by atoms with Crippen LogP contribution in [0.1, 0.15) is 46.0 Å². The van der Waals surface area contributed by atoms with Crippen molar-refractivity contribution in [3.05, 3.63) is 0 Å². The van der Waals surface area contributed by atoms with Crippen LogP contribution in [0.25, 0.3) is 0 Å². The second-order valence-electron chi connectivity index (χ2n) is 3.97. The molecule has 0 saturated heterocycles. The molecule has 0 radical (unpaired) electrons. The van der Waals surface area contributed by atoms with Gasteiger partial charge < -0.3 is 15.1 Å². The molecule has 5 nitrogen and oxygen atoms in total. The van der Waals surface area contributed by atoms with Gasteiger partial charge in [0.05, 0.1) is 0 Å². The first-order chi connectivity index (χ1) is 7.95. The van der Waals surface area contributed by atoms with E-state index < -0.39 is 11.9 Å². The number of carboxylic acids is 2. The summed E-state index contributed by atoms with van der Waals surface area (Å²) in [4.78, 5) is 20.6. The summed E-state index contributed by atoms with van der Waals surface area (Å²) in [5, 5.41) is 14.8. The molecule has 0 aromatic carbocycles. The molecule has 2 N–H and O–H groups in total. The molecule has 0 aliphatic carbocycles. The predicted octanol–water partition coefficient (Wildman–Crippen LogP) is 2.06. The number of carbonyl (C=O) groups is 2. The molecule has 0 saturated carbocycles. The van der Waals surface area contributed by atoms with E-state index in [0.29, 0.717) is 0 Å². The summed E-state index contributed by atoms with van der Waals surface area (Å²) in [5.41, 5.74) is 0. The fourth-order valence-corrected chi connectivity index (χ4v) is 1.30. The van der Waals surface area contributed by atoms with Crippen molar-refractivity contribution in [1.29, 1.82) is 0 Å². The van der Waals surface area contributed by atoms with Crippen LogP contribution in [0, 0.1) is 0 Å². The second-order valence-corrected chi connectivity index (χ2v) is 3.97. The highest BCUT2D eigenvalue weighted by Gasteiger charge is 2.04. The number of aliphatic carboxylic acids is 2. The smallest absolute Gasteiger partial charge is 0.414 e. The fraction of sp³-hybridized carbons (Fsp3) is 0.833. The molecule has 0 aliphatic rings. The third-order valence-electron chi connectivity index (χ3n) is 2.18. The maximum Gasteiger partial charge on any atom is 0.414 e. The Morgan fingerprint density at radius 3 is 1.76 bits per heavy atom. The van der Waals surface area contributed by atoms with Crippen LogP contribution < -0.4 is 0 Å².